The van der Waals surface area contributed by atoms with Crippen molar-refractivity contribution in [2.75, 3.05) is 4.90 Å². The van der Waals surface area contributed by atoms with Crippen LogP contribution in [0.25, 0.3) is 0 Å². The van der Waals surface area contributed by atoms with Crippen molar-refractivity contribution in [2.45, 2.75) is 26.4 Å². The normalized spacial score (nSPS) is 10.6. The zero-order chi connectivity index (χ0) is 24.6. The summed E-state index contributed by atoms with van der Waals surface area (Å²) in [6.07, 6.45) is 3.60. The number of nitrogens with one attached hydrogen (secondary N) is 1. The maximum atomic E-state index is 13.8. The van der Waals surface area contributed by atoms with Gasteiger partial charge in [-0.15, -0.1) is 0 Å². The smallest absolute Gasteiger partial charge is 0.258 e. The van der Waals surface area contributed by atoms with Crippen LogP contribution in [-0.2, 0) is 24.3 Å². The summed E-state index contributed by atoms with van der Waals surface area (Å²) in [7, 11) is 0. The van der Waals surface area contributed by atoms with E-state index in [1.807, 2.05) is 55.5 Å². The first-order valence-corrected chi connectivity index (χ1v) is 11.4. The topological polar surface area (TPSA) is 62.3 Å². The lowest BCUT2D eigenvalue weighted by Gasteiger charge is -2.24. The van der Waals surface area contributed by atoms with E-state index >= 15 is 0 Å². The van der Waals surface area contributed by atoms with Gasteiger partial charge in [0, 0.05) is 30.2 Å². The van der Waals surface area contributed by atoms with Crippen LogP contribution in [0, 0.1) is 12.7 Å². The number of carbonyl (C=O) groups excluding carboxylic acids is 2. The minimum absolute atomic E-state index is 0.0955. The van der Waals surface area contributed by atoms with E-state index in [9.17, 15) is 14.0 Å². The van der Waals surface area contributed by atoms with Gasteiger partial charge in [0.25, 0.3) is 5.91 Å². The molecule has 0 aliphatic rings. The van der Waals surface area contributed by atoms with Gasteiger partial charge in [0.05, 0.1) is 13.0 Å². The number of rotatable bonds is 8. The number of amides is 2. The molecule has 2 amide bonds. The minimum atomic E-state index is -0.349. The van der Waals surface area contributed by atoms with E-state index in [-0.39, 0.29) is 30.6 Å². The number of halogens is 1. The molecule has 0 saturated heterocycles. The van der Waals surface area contributed by atoms with Crippen LogP contribution in [0.2, 0.25) is 0 Å². The highest BCUT2D eigenvalue weighted by atomic mass is 19.1. The highest BCUT2D eigenvalue weighted by molar-refractivity contribution is 6.06. The van der Waals surface area contributed by atoms with Crippen molar-refractivity contribution in [1.82, 2.24) is 10.3 Å². The maximum absolute atomic E-state index is 13.8. The molecule has 176 valence electrons. The molecule has 1 aromatic heterocycles. The molecule has 0 aliphatic carbocycles. The van der Waals surface area contributed by atoms with Crippen molar-refractivity contribution in [1.29, 1.82) is 0 Å². The molecule has 0 spiro atoms. The number of hydrogen-bond donors (Lipinski definition) is 1. The summed E-state index contributed by atoms with van der Waals surface area (Å²) in [5.74, 6) is -0.627. The van der Waals surface area contributed by atoms with Gasteiger partial charge in [-0.25, -0.2) is 4.39 Å². The van der Waals surface area contributed by atoms with Crippen LogP contribution in [0.15, 0.2) is 97.3 Å². The van der Waals surface area contributed by atoms with Crippen molar-refractivity contribution in [3.63, 3.8) is 0 Å². The second-order valence-electron chi connectivity index (χ2n) is 8.36. The average molecular weight is 468 g/mol. The molecule has 5 nitrogen and oxygen atoms in total. The van der Waals surface area contributed by atoms with Gasteiger partial charge in [0.15, 0.2) is 0 Å². The molecule has 0 bridgehead atoms. The number of aryl methyl sites for hydroxylation is 1. The summed E-state index contributed by atoms with van der Waals surface area (Å²) in [6.45, 7) is 2.62. The number of aromatic nitrogens is 1. The molecular weight excluding hydrogens is 441 g/mol. The Balaban J connectivity index is 1.49. The summed E-state index contributed by atoms with van der Waals surface area (Å²) in [5, 5.41) is 2.90. The van der Waals surface area contributed by atoms with Gasteiger partial charge in [0.1, 0.15) is 5.82 Å². The summed E-state index contributed by atoms with van der Waals surface area (Å²) in [5.41, 5.74) is 4.77. The van der Waals surface area contributed by atoms with E-state index in [2.05, 4.69) is 10.3 Å². The van der Waals surface area contributed by atoms with Crippen molar-refractivity contribution in [3.05, 3.63) is 131 Å². The number of nitrogens with zero attached hydrogens (tertiary/aromatic N) is 2. The fourth-order valence-electron chi connectivity index (χ4n) is 3.69. The van der Waals surface area contributed by atoms with Gasteiger partial charge in [-0.05, 0) is 72.1 Å². The SMILES string of the molecule is Cc1ccc(C(=O)N(Cc2cccc(F)c2)c2ccc(CC(=O)NCc3ccncc3)cc2)cc1. The first kappa shape index (κ1) is 23.8. The van der Waals surface area contributed by atoms with Gasteiger partial charge in [-0.1, -0.05) is 42.0 Å². The summed E-state index contributed by atoms with van der Waals surface area (Å²) < 4.78 is 13.8. The number of hydrogen-bond acceptors (Lipinski definition) is 3. The second-order valence-corrected chi connectivity index (χ2v) is 8.36. The molecule has 35 heavy (non-hydrogen) atoms. The predicted octanol–water partition coefficient (Wildman–Crippen LogP) is 5.24. The first-order chi connectivity index (χ1) is 17.0. The highest BCUT2D eigenvalue weighted by Gasteiger charge is 2.19. The zero-order valence-corrected chi connectivity index (χ0v) is 19.4. The molecule has 1 N–H and O–H groups in total. The maximum Gasteiger partial charge on any atom is 0.258 e. The fraction of sp³-hybridized carbons (Fsp3) is 0.138. The molecule has 1 heterocycles. The number of anilines is 1. The first-order valence-electron chi connectivity index (χ1n) is 11.4. The van der Waals surface area contributed by atoms with Crippen LogP contribution in [-0.4, -0.2) is 16.8 Å². The monoisotopic (exact) mass is 467 g/mol. The van der Waals surface area contributed by atoms with E-state index in [4.69, 9.17) is 0 Å². The Morgan fingerprint density at radius 3 is 2.26 bits per heavy atom. The van der Waals surface area contributed by atoms with Gasteiger partial charge >= 0.3 is 0 Å². The molecule has 3 aromatic carbocycles. The Hall–Kier alpha value is -4.32. The van der Waals surface area contributed by atoms with E-state index in [0.29, 0.717) is 23.4 Å². The van der Waals surface area contributed by atoms with Crippen molar-refractivity contribution < 1.29 is 14.0 Å². The third-order valence-corrected chi connectivity index (χ3v) is 5.63. The molecule has 6 heteroatoms. The minimum Gasteiger partial charge on any atom is -0.352 e. The number of pyridine rings is 1. The molecule has 0 aliphatic heterocycles. The predicted molar refractivity (Wildman–Crippen MR) is 134 cm³/mol. The van der Waals surface area contributed by atoms with E-state index in [1.54, 1.807) is 41.6 Å². The molecule has 0 unspecified atom stereocenters. The number of benzene rings is 3. The molecule has 4 rings (SSSR count). The van der Waals surface area contributed by atoms with Gasteiger partial charge in [-0.2, -0.15) is 0 Å². The van der Waals surface area contributed by atoms with E-state index in [1.165, 1.54) is 12.1 Å². The van der Waals surface area contributed by atoms with E-state index < -0.39 is 0 Å². The van der Waals surface area contributed by atoms with Crippen LogP contribution in [0.3, 0.4) is 0 Å². The fourth-order valence-corrected chi connectivity index (χ4v) is 3.69. The van der Waals surface area contributed by atoms with Crippen LogP contribution >= 0.6 is 0 Å². The van der Waals surface area contributed by atoms with Crippen LogP contribution in [0.1, 0.15) is 32.6 Å². The Bertz CT molecular complexity index is 1290. The van der Waals surface area contributed by atoms with Crippen LogP contribution in [0.4, 0.5) is 10.1 Å². The quantitative estimate of drug-likeness (QED) is 0.386. The lowest BCUT2D eigenvalue weighted by molar-refractivity contribution is -0.120. The van der Waals surface area contributed by atoms with Crippen molar-refractivity contribution >= 4 is 17.5 Å². The Morgan fingerprint density at radius 1 is 0.857 bits per heavy atom. The standard InChI is InChI=1S/C29H26FN3O2/c1-21-5-9-25(10-6-21)29(35)33(20-24-3-2-4-26(30)17-24)27-11-7-22(8-12-27)18-28(34)32-19-23-13-15-31-16-14-23/h2-17H,18-20H2,1H3,(H,32,34). The Morgan fingerprint density at radius 2 is 1.57 bits per heavy atom. The third kappa shape index (κ3) is 6.60. The summed E-state index contributed by atoms with van der Waals surface area (Å²) >= 11 is 0. The molecule has 0 atom stereocenters. The van der Waals surface area contributed by atoms with Crippen molar-refractivity contribution in [3.8, 4) is 0 Å². The van der Waals surface area contributed by atoms with Gasteiger partial charge in [-0.3, -0.25) is 14.6 Å². The number of carbonyl (C=O) groups is 2. The summed E-state index contributed by atoms with van der Waals surface area (Å²) in [4.78, 5) is 31.4. The highest BCUT2D eigenvalue weighted by Crippen LogP contribution is 2.22. The van der Waals surface area contributed by atoms with E-state index in [0.717, 1.165) is 16.7 Å². The third-order valence-electron chi connectivity index (χ3n) is 5.63. The molecule has 4 aromatic rings. The van der Waals surface area contributed by atoms with Crippen LogP contribution < -0.4 is 10.2 Å². The van der Waals surface area contributed by atoms with Crippen LogP contribution in [0.5, 0.6) is 0 Å². The van der Waals surface area contributed by atoms with Crippen molar-refractivity contribution in [2.24, 2.45) is 0 Å². The zero-order valence-electron chi connectivity index (χ0n) is 19.4. The lowest BCUT2D eigenvalue weighted by Crippen LogP contribution is -2.30. The largest absolute Gasteiger partial charge is 0.352 e. The lowest BCUT2D eigenvalue weighted by atomic mass is 10.1. The summed E-state index contributed by atoms with van der Waals surface area (Å²) in [6, 6.07) is 24.6. The van der Waals surface area contributed by atoms with Gasteiger partial charge < -0.3 is 10.2 Å². The molecule has 0 saturated carbocycles. The Kier molecular flexibility index (Phi) is 7.63. The molecule has 0 radical (unpaired) electrons. The molecule has 0 fully saturated rings. The average Bonchev–Trinajstić information content (AvgIpc) is 2.87. The van der Waals surface area contributed by atoms with Gasteiger partial charge in [0.2, 0.25) is 5.91 Å². The Labute approximate surface area is 204 Å². The second kappa shape index (κ2) is 11.2. The molecular formula is C29H26FN3O2.